The van der Waals surface area contributed by atoms with Crippen LogP contribution in [0.1, 0.15) is 25.0 Å². The monoisotopic (exact) mass is 438 g/mol. The molecule has 0 saturated carbocycles. The Morgan fingerprint density at radius 3 is 2.32 bits per heavy atom. The van der Waals surface area contributed by atoms with Crippen LogP contribution in [0.4, 0.5) is 18.9 Å². The predicted molar refractivity (Wildman–Crippen MR) is 95.0 cm³/mol. The van der Waals surface area contributed by atoms with E-state index in [1.54, 1.807) is 0 Å². The molecule has 4 rings (SSSR count). The molecule has 31 heavy (non-hydrogen) atoms. The number of carbonyl (C=O) groups is 3. The van der Waals surface area contributed by atoms with Gasteiger partial charge in [0.1, 0.15) is 11.5 Å². The van der Waals surface area contributed by atoms with Gasteiger partial charge in [-0.2, -0.15) is 18.4 Å². The van der Waals surface area contributed by atoms with Crippen molar-refractivity contribution in [1.82, 2.24) is 0 Å². The van der Waals surface area contributed by atoms with Crippen LogP contribution in [0.3, 0.4) is 0 Å². The van der Waals surface area contributed by atoms with E-state index in [9.17, 15) is 32.7 Å². The maximum absolute atomic E-state index is 13.4. The Hall–Kier alpha value is -2.97. The zero-order valence-electron chi connectivity index (χ0n) is 16.6. The van der Waals surface area contributed by atoms with E-state index in [-0.39, 0.29) is 5.69 Å². The van der Waals surface area contributed by atoms with Gasteiger partial charge in [-0.05, 0) is 32.0 Å². The van der Waals surface area contributed by atoms with Crippen molar-refractivity contribution < 1.29 is 42.1 Å². The number of nitriles is 1. The number of imide groups is 1. The summed E-state index contributed by atoms with van der Waals surface area (Å²) in [5.74, 6) is -6.18. The van der Waals surface area contributed by atoms with Crippen molar-refractivity contribution >= 4 is 23.5 Å². The van der Waals surface area contributed by atoms with Crippen molar-refractivity contribution in [2.45, 2.75) is 37.3 Å². The highest BCUT2D eigenvalue weighted by Gasteiger charge is 2.80. The second-order valence-electron chi connectivity index (χ2n) is 8.22. The zero-order chi connectivity index (χ0) is 23.1. The number of carbonyl (C=O) groups excluding carboxylic acids is 3. The average molecular weight is 438 g/mol. The van der Waals surface area contributed by atoms with E-state index in [0.717, 1.165) is 19.2 Å². The standard InChI is InChI=1S/C20H17F3N2O6/c1-18-11-12(19(2,31-18)14(26)13(18)17(29)30-3)16(28)25(15(11)27)9-5-4-8(7-24)10(6-9)20(21,22)23/h4-6,11-14,26H,1-3H3/t11-,12+,13-,14+,18?,19?/m0/s1. The molecule has 1 aromatic carbocycles. The third-order valence-corrected chi connectivity index (χ3v) is 6.64. The number of fused-ring (bicyclic) bond motifs is 5. The number of rotatable bonds is 2. The second kappa shape index (κ2) is 6.27. The normalized spacial score (nSPS) is 36.5. The van der Waals surface area contributed by atoms with Crippen molar-refractivity contribution in [3.05, 3.63) is 29.3 Å². The molecule has 6 atom stereocenters. The fourth-order valence-corrected chi connectivity index (χ4v) is 5.32. The Morgan fingerprint density at radius 1 is 1.23 bits per heavy atom. The average Bonchev–Trinajstić information content (AvgIpc) is 3.19. The summed E-state index contributed by atoms with van der Waals surface area (Å²) in [6.45, 7) is 2.79. The van der Waals surface area contributed by atoms with Gasteiger partial charge in [0.15, 0.2) is 0 Å². The molecule has 164 valence electrons. The van der Waals surface area contributed by atoms with Crippen LogP contribution in [0, 0.1) is 29.1 Å². The summed E-state index contributed by atoms with van der Waals surface area (Å²) in [5, 5.41) is 19.7. The number of methoxy groups -OCH3 is 1. The van der Waals surface area contributed by atoms with Crippen LogP contribution in [0.5, 0.6) is 0 Å². The first-order chi connectivity index (χ1) is 14.3. The smallest absolute Gasteiger partial charge is 0.417 e. The number of hydrogen-bond donors (Lipinski definition) is 1. The van der Waals surface area contributed by atoms with E-state index >= 15 is 0 Å². The molecule has 3 aliphatic rings. The number of halogens is 3. The van der Waals surface area contributed by atoms with Crippen molar-refractivity contribution in [1.29, 1.82) is 5.26 Å². The Bertz CT molecular complexity index is 1070. The fraction of sp³-hybridized carbons (Fsp3) is 0.500. The number of hydrogen-bond acceptors (Lipinski definition) is 7. The van der Waals surface area contributed by atoms with Crippen molar-refractivity contribution in [2.75, 3.05) is 12.0 Å². The first-order valence-electron chi connectivity index (χ1n) is 9.28. The van der Waals surface area contributed by atoms with E-state index in [1.807, 2.05) is 0 Å². The lowest BCUT2D eigenvalue weighted by molar-refractivity contribution is -0.157. The summed E-state index contributed by atoms with van der Waals surface area (Å²) in [7, 11) is 1.10. The summed E-state index contributed by atoms with van der Waals surface area (Å²) < 4.78 is 50.7. The van der Waals surface area contributed by atoms with E-state index in [1.165, 1.54) is 19.9 Å². The Labute approximate surface area is 174 Å². The van der Waals surface area contributed by atoms with Gasteiger partial charge >= 0.3 is 12.1 Å². The lowest BCUT2D eigenvalue weighted by Crippen LogP contribution is -2.57. The quantitative estimate of drug-likeness (QED) is 0.548. The highest BCUT2D eigenvalue weighted by Crippen LogP contribution is 2.63. The zero-order valence-corrected chi connectivity index (χ0v) is 16.6. The van der Waals surface area contributed by atoms with Crippen LogP contribution in [-0.2, 0) is 30.0 Å². The van der Waals surface area contributed by atoms with Crippen LogP contribution in [0.25, 0.3) is 0 Å². The molecule has 0 aromatic heterocycles. The lowest BCUT2D eigenvalue weighted by atomic mass is 9.62. The number of nitrogens with zero attached hydrogens (tertiary/aromatic N) is 2. The Morgan fingerprint density at radius 2 is 1.81 bits per heavy atom. The van der Waals surface area contributed by atoms with Crippen LogP contribution in [0.15, 0.2) is 18.2 Å². The van der Waals surface area contributed by atoms with E-state index in [0.29, 0.717) is 11.0 Å². The third kappa shape index (κ3) is 2.52. The number of ether oxygens (including phenoxy) is 2. The Balaban J connectivity index is 1.82. The van der Waals surface area contributed by atoms with Gasteiger partial charge in [0, 0.05) is 0 Å². The highest BCUT2D eigenvalue weighted by atomic mass is 19.4. The summed E-state index contributed by atoms with van der Waals surface area (Å²) >= 11 is 0. The van der Waals surface area contributed by atoms with Crippen LogP contribution in [-0.4, -0.2) is 47.3 Å². The first-order valence-corrected chi connectivity index (χ1v) is 9.28. The van der Waals surface area contributed by atoms with Crippen molar-refractivity contribution in [3.8, 4) is 6.07 Å². The van der Waals surface area contributed by atoms with Gasteiger partial charge in [0.05, 0.1) is 53.5 Å². The molecule has 2 bridgehead atoms. The molecule has 3 fully saturated rings. The lowest BCUT2D eigenvalue weighted by Gasteiger charge is -2.37. The molecule has 0 aliphatic carbocycles. The number of esters is 1. The van der Waals surface area contributed by atoms with E-state index in [2.05, 4.69) is 0 Å². The third-order valence-electron chi connectivity index (χ3n) is 6.64. The topological polar surface area (TPSA) is 117 Å². The molecule has 3 saturated heterocycles. The van der Waals surface area contributed by atoms with Gasteiger partial charge < -0.3 is 14.6 Å². The van der Waals surface area contributed by atoms with Gasteiger partial charge in [-0.1, -0.05) is 0 Å². The van der Waals surface area contributed by atoms with Gasteiger partial charge in [0.25, 0.3) is 0 Å². The fourth-order valence-electron chi connectivity index (χ4n) is 5.32. The number of anilines is 1. The van der Waals surface area contributed by atoms with Gasteiger partial charge in [-0.25, -0.2) is 4.90 Å². The molecule has 3 heterocycles. The number of benzene rings is 1. The summed E-state index contributed by atoms with van der Waals surface area (Å²) in [6, 6.07) is 3.96. The van der Waals surface area contributed by atoms with Crippen molar-refractivity contribution in [2.24, 2.45) is 17.8 Å². The van der Waals surface area contributed by atoms with Crippen LogP contribution in [0.2, 0.25) is 0 Å². The molecule has 1 N–H and O–H groups in total. The first kappa shape index (κ1) is 21.3. The molecule has 3 aliphatic heterocycles. The molecular weight excluding hydrogens is 421 g/mol. The molecule has 2 amide bonds. The molecule has 0 radical (unpaired) electrons. The number of amides is 2. The summed E-state index contributed by atoms with van der Waals surface area (Å²) in [5.41, 5.74) is -5.49. The maximum Gasteiger partial charge on any atom is 0.417 e. The molecule has 2 unspecified atom stereocenters. The minimum absolute atomic E-state index is 0.355. The summed E-state index contributed by atoms with van der Waals surface area (Å²) in [4.78, 5) is 39.3. The van der Waals surface area contributed by atoms with Crippen LogP contribution < -0.4 is 4.90 Å². The van der Waals surface area contributed by atoms with E-state index < -0.39 is 70.1 Å². The largest absolute Gasteiger partial charge is 0.469 e. The van der Waals surface area contributed by atoms with Crippen molar-refractivity contribution in [3.63, 3.8) is 0 Å². The van der Waals surface area contributed by atoms with Gasteiger partial charge in [-0.3, -0.25) is 14.4 Å². The minimum atomic E-state index is -4.88. The molecule has 1 aromatic rings. The van der Waals surface area contributed by atoms with Gasteiger partial charge in [-0.15, -0.1) is 0 Å². The highest BCUT2D eigenvalue weighted by molar-refractivity contribution is 6.23. The molecule has 8 nitrogen and oxygen atoms in total. The molecule has 11 heteroatoms. The molecule has 0 spiro atoms. The Kier molecular flexibility index (Phi) is 4.30. The number of aliphatic hydroxyl groups excluding tert-OH is 1. The summed E-state index contributed by atoms with van der Waals surface area (Å²) in [6.07, 6.45) is -6.34. The van der Waals surface area contributed by atoms with Crippen LogP contribution >= 0.6 is 0 Å². The number of alkyl halides is 3. The second-order valence-corrected chi connectivity index (χ2v) is 8.22. The SMILES string of the molecule is COC(=O)[C@@H]1[C@@H](O)C2(C)OC1(C)[C@@H]1C(=O)N(c3ccc(C#N)c(C(F)(F)F)c3)C(=O)[C@@H]12. The van der Waals surface area contributed by atoms with Gasteiger partial charge in [0.2, 0.25) is 11.8 Å². The maximum atomic E-state index is 13.4. The minimum Gasteiger partial charge on any atom is -0.469 e. The number of aliphatic hydroxyl groups is 1. The predicted octanol–water partition coefficient (Wildman–Crippen LogP) is 1.39. The molecular formula is C20H17F3N2O6. The van der Waals surface area contributed by atoms with E-state index in [4.69, 9.17) is 14.7 Å².